The number of nitrogen functional groups attached to an aromatic ring is 1. The monoisotopic (exact) mass is 402 g/mol. The third-order valence-electron chi connectivity index (χ3n) is 5.19. The van der Waals surface area contributed by atoms with E-state index in [1.54, 1.807) is 48.7 Å². The Labute approximate surface area is 174 Å². The topological polar surface area (TPSA) is 121 Å². The van der Waals surface area contributed by atoms with Crippen molar-refractivity contribution in [3.05, 3.63) is 77.5 Å². The molecule has 7 heteroatoms. The van der Waals surface area contributed by atoms with E-state index in [4.69, 9.17) is 15.9 Å². The van der Waals surface area contributed by atoms with Gasteiger partial charge in [-0.2, -0.15) is 0 Å². The van der Waals surface area contributed by atoms with E-state index in [-0.39, 0.29) is 23.4 Å². The number of hydrogen-bond donors (Lipinski definition) is 4. The number of aromatic nitrogens is 1. The van der Waals surface area contributed by atoms with E-state index in [2.05, 4.69) is 10.3 Å². The summed E-state index contributed by atoms with van der Waals surface area (Å²) in [4.78, 5) is 16.6. The van der Waals surface area contributed by atoms with E-state index in [9.17, 15) is 9.90 Å². The van der Waals surface area contributed by atoms with Gasteiger partial charge in [-0.1, -0.05) is 12.1 Å². The van der Waals surface area contributed by atoms with Crippen LogP contribution in [0.15, 0.2) is 60.8 Å². The van der Waals surface area contributed by atoms with Crippen molar-refractivity contribution in [1.29, 1.82) is 5.41 Å². The van der Waals surface area contributed by atoms with Crippen LogP contribution in [0, 0.1) is 5.41 Å². The zero-order chi connectivity index (χ0) is 21.1. The van der Waals surface area contributed by atoms with Crippen molar-refractivity contribution in [3.8, 4) is 22.8 Å². The summed E-state index contributed by atoms with van der Waals surface area (Å²) in [6.45, 7) is 1.05. The van der Waals surface area contributed by atoms with Gasteiger partial charge in [0.1, 0.15) is 23.0 Å². The largest absolute Gasteiger partial charge is 0.506 e. The summed E-state index contributed by atoms with van der Waals surface area (Å²) >= 11 is 0. The Morgan fingerprint density at radius 3 is 2.70 bits per heavy atom. The molecule has 0 fully saturated rings. The number of nitrogens with two attached hydrogens (primary N) is 1. The lowest BCUT2D eigenvalue weighted by molar-refractivity contribution is 0.0952. The highest BCUT2D eigenvalue weighted by molar-refractivity contribution is 5.95. The highest BCUT2D eigenvalue weighted by Gasteiger charge is 2.24. The van der Waals surface area contributed by atoms with E-state index in [0.29, 0.717) is 30.0 Å². The molecule has 30 heavy (non-hydrogen) atoms. The number of ether oxygens (including phenoxy) is 1. The molecule has 0 saturated carbocycles. The minimum absolute atomic E-state index is 0.0271. The van der Waals surface area contributed by atoms with E-state index < -0.39 is 0 Å². The number of carbonyl (C=O) groups excluding carboxylic acids is 1. The summed E-state index contributed by atoms with van der Waals surface area (Å²) < 4.78 is 5.70. The Morgan fingerprint density at radius 2 is 1.97 bits per heavy atom. The minimum atomic E-state index is -0.164. The Bertz CT molecular complexity index is 1100. The first-order valence-corrected chi connectivity index (χ1v) is 9.66. The molecule has 2 aromatic carbocycles. The predicted molar refractivity (Wildman–Crippen MR) is 114 cm³/mol. The van der Waals surface area contributed by atoms with Gasteiger partial charge < -0.3 is 20.9 Å². The number of amides is 1. The molecule has 152 valence electrons. The number of nitrogens with zero attached hydrogens (tertiary/aromatic N) is 1. The van der Waals surface area contributed by atoms with Crippen molar-refractivity contribution >= 4 is 11.7 Å². The van der Waals surface area contributed by atoms with Gasteiger partial charge in [0.05, 0.1) is 6.61 Å². The first kappa shape index (κ1) is 19.4. The molecule has 1 aliphatic heterocycles. The van der Waals surface area contributed by atoms with Crippen LogP contribution in [0.5, 0.6) is 11.5 Å². The molecule has 4 rings (SSSR count). The molecule has 1 aliphatic rings. The molecule has 0 saturated heterocycles. The van der Waals surface area contributed by atoms with Crippen LogP contribution >= 0.6 is 0 Å². The van der Waals surface area contributed by atoms with Gasteiger partial charge in [0.2, 0.25) is 0 Å². The first-order valence-electron chi connectivity index (χ1n) is 9.66. The van der Waals surface area contributed by atoms with Gasteiger partial charge in [-0.05, 0) is 48.9 Å². The summed E-state index contributed by atoms with van der Waals surface area (Å²) in [5.41, 5.74) is 9.04. The van der Waals surface area contributed by atoms with Crippen LogP contribution in [0.2, 0.25) is 0 Å². The highest BCUT2D eigenvalue weighted by atomic mass is 16.5. The van der Waals surface area contributed by atoms with Gasteiger partial charge in [0.15, 0.2) is 0 Å². The van der Waals surface area contributed by atoms with Crippen molar-refractivity contribution in [2.45, 2.75) is 12.3 Å². The van der Waals surface area contributed by atoms with Crippen LogP contribution in [-0.4, -0.2) is 35.0 Å². The van der Waals surface area contributed by atoms with Crippen molar-refractivity contribution < 1.29 is 14.6 Å². The normalized spacial score (nSPS) is 14.6. The van der Waals surface area contributed by atoms with Crippen LogP contribution in [0.4, 0.5) is 0 Å². The molecule has 0 aliphatic carbocycles. The van der Waals surface area contributed by atoms with Crippen molar-refractivity contribution in [2.24, 2.45) is 5.73 Å². The fourth-order valence-electron chi connectivity index (χ4n) is 3.55. The highest BCUT2D eigenvalue weighted by Crippen LogP contribution is 2.36. The van der Waals surface area contributed by atoms with Gasteiger partial charge in [-0.25, -0.2) is 0 Å². The molecule has 1 aromatic heterocycles. The Morgan fingerprint density at radius 1 is 1.20 bits per heavy atom. The number of hydrogen-bond acceptors (Lipinski definition) is 5. The minimum Gasteiger partial charge on any atom is -0.506 e. The number of pyridine rings is 1. The summed E-state index contributed by atoms with van der Waals surface area (Å²) in [6, 6.07) is 15.7. The number of fused-ring (bicyclic) bond motifs is 1. The molecular formula is C23H22N4O3. The summed E-state index contributed by atoms with van der Waals surface area (Å²) in [5.74, 6) is 0.920. The number of amidine groups is 1. The molecule has 1 amide bonds. The average Bonchev–Trinajstić information content (AvgIpc) is 3.16. The van der Waals surface area contributed by atoms with Crippen molar-refractivity contribution in [2.75, 3.05) is 13.2 Å². The predicted octanol–water partition coefficient (Wildman–Crippen LogP) is 3.03. The molecule has 0 radical (unpaired) electrons. The van der Waals surface area contributed by atoms with E-state index in [1.165, 1.54) is 0 Å². The molecule has 3 aromatic rings. The van der Waals surface area contributed by atoms with Gasteiger partial charge in [0, 0.05) is 40.9 Å². The van der Waals surface area contributed by atoms with E-state index in [1.807, 2.05) is 12.1 Å². The molecular weight excluding hydrogens is 380 g/mol. The maximum atomic E-state index is 12.5. The van der Waals surface area contributed by atoms with E-state index in [0.717, 1.165) is 23.3 Å². The SMILES string of the molecule is N=C(N)c1ccc2c(c1)C(CCNC(=O)c1ccc(-c3ncccc3O)cc1)CO2. The summed E-state index contributed by atoms with van der Waals surface area (Å²) in [6.07, 6.45) is 2.33. The molecule has 0 bridgehead atoms. The lowest BCUT2D eigenvalue weighted by atomic mass is 9.96. The van der Waals surface area contributed by atoms with Crippen LogP contribution < -0.4 is 15.8 Å². The maximum Gasteiger partial charge on any atom is 0.251 e. The second kappa shape index (κ2) is 8.24. The van der Waals surface area contributed by atoms with E-state index >= 15 is 0 Å². The molecule has 0 spiro atoms. The molecule has 7 nitrogen and oxygen atoms in total. The summed E-state index contributed by atoms with van der Waals surface area (Å²) in [5, 5.41) is 20.4. The number of benzene rings is 2. The number of aromatic hydroxyl groups is 1. The molecule has 1 atom stereocenters. The van der Waals surface area contributed by atoms with Gasteiger partial charge >= 0.3 is 0 Å². The third-order valence-corrected chi connectivity index (χ3v) is 5.19. The lowest BCUT2D eigenvalue weighted by Crippen LogP contribution is -2.25. The second-order valence-electron chi connectivity index (χ2n) is 7.17. The van der Waals surface area contributed by atoms with Gasteiger partial charge in [0.25, 0.3) is 5.91 Å². The van der Waals surface area contributed by atoms with Crippen molar-refractivity contribution in [1.82, 2.24) is 10.3 Å². The second-order valence-corrected chi connectivity index (χ2v) is 7.17. The zero-order valence-electron chi connectivity index (χ0n) is 16.3. The van der Waals surface area contributed by atoms with Gasteiger partial charge in [-0.15, -0.1) is 0 Å². The Kier molecular flexibility index (Phi) is 5.34. The van der Waals surface area contributed by atoms with Gasteiger partial charge in [-0.3, -0.25) is 15.2 Å². The first-order chi connectivity index (χ1) is 14.5. The van der Waals surface area contributed by atoms with Crippen LogP contribution in [0.3, 0.4) is 0 Å². The fraction of sp³-hybridized carbons (Fsp3) is 0.174. The molecule has 1 unspecified atom stereocenters. The lowest BCUT2D eigenvalue weighted by Gasteiger charge is -2.11. The smallest absolute Gasteiger partial charge is 0.251 e. The zero-order valence-corrected chi connectivity index (χ0v) is 16.3. The number of carbonyl (C=O) groups is 1. The number of nitrogens with one attached hydrogen (secondary N) is 2. The third kappa shape index (κ3) is 3.96. The average molecular weight is 402 g/mol. The Balaban J connectivity index is 1.36. The fourth-order valence-corrected chi connectivity index (χ4v) is 3.55. The van der Waals surface area contributed by atoms with Crippen LogP contribution in [0.25, 0.3) is 11.3 Å². The van der Waals surface area contributed by atoms with Crippen LogP contribution in [-0.2, 0) is 0 Å². The standard InChI is InChI=1S/C23H22N4O3/c24-22(25)16-7-8-20-18(12-16)17(13-30-20)9-11-27-23(29)15-5-3-14(4-6-15)21-19(28)2-1-10-26-21/h1-8,10,12,17,28H,9,11,13H2,(H3,24,25)(H,27,29). The maximum absolute atomic E-state index is 12.5. The van der Waals surface area contributed by atoms with Crippen molar-refractivity contribution in [3.63, 3.8) is 0 Å². The summed E-state index contributed by atoms with van der Waals surface area (Å²) in [7, 11) is 0. The Hall–Kier alpha value is -3.87. The molecule has 2 heterocycles. The van der Waals surface area contributed by atoms with Crippen LogP contribution in [0.1, 0.15) is 33.8 Å². The number of rotatable bonds is 6. The molecule has 5 N–H and O–H groups in total. The quantitative estimate of drug-likeness (QED) is 0.373.